The van der Waals surface area contributed by atoms with Crippen LogP contribution in [0.25, 0.3) is 0 Å². The molecule has 148 valence electrons. The third kappa shape index (κ3) is 6.40. The van der Waals surface area contributed by atoms with Gasteiger partial charge in [-0.2, -0.15) is 0 Å². The third-order valence-corrected chi connectivity index (χ3v) is 4.19. The lowest BCUT2D eigenvalue weighted by Gasteiger charge is -2.34. The third-order valence-electron chi connectivity index (χ3n) is 4.19. The van der Waals surface area contributed by atoms with Crippen LogP contribution in [0, 0.1) is 5.92 Å². The zero-order valence-corrected chi connectivity index (χ0v) is 15.6. The van der Waals surface area contributed by atoms with Crippen molar-refractivity contribution in [2.24, 2.45) is 5.92 Å². The number of rotatable bonds is 9. The number of aliphatic hydroxyl groups is 1. The number of aliphatic hydroxyl groups excluding tert-OH is 1. The van der Waals surface area contributed by atoms with Crippen molar-refractivity contribution in [2.45, 2.75) is 64.4 Å². The van der Waals surface area contributed by atoms with Crippen LogP contribution in [0.4, 0.5) is 0 Å². The average Bonchev–Trinajstić information content (AvgIpc) is 2.58. The molecule has 5 N–H and O–H groups in total. The number of amides is 2. The van der Waals surface area contributed by atoms with Crippen LogP contribution < -0.4 is 16.1 Å². The lowest BCUT2D eigenvalue weighted by atomic mass is 10.0. The van der Waals surface area contributed by atoms with E-state index < -0.39 is 42.1 Å². The molecule has 9 heteroatoms. The first-order valence-electron chi connectivity index (χ1n) is 8.83. The van der Waals surface area contributed by atoms with Gasteiger partial charge in [0.1, 0.15) is 18.3 Å². The van der Waals surface area contributed by atoms with E-state index in [2.05, 4.69) is 22.6 Å². The van der Waals surface area contributed by atoms with Crippen molar-refractivity contribution in [1.29, 1.82) is 0 Å². The largest absolute Gasteiger partial charge is 0.480 e. The smallest absolute Gasteiger partial charge is 0.322 e. The Hall–Kier alpha value is -1.97. The highest BCUT2D eigenvalue weighted by atomic mass is 16.4. The van der Waals surface area contributed by atoms with E-state index in [4.69, 9.17) is 5.11 Å². The Morgan fingerprint density at radius 1 is 1.35 bits per heavy atom. The molecule has 0 aliphatic carbocycles. The van der Waals surface area contributed by atoms with Crippen LogP contribution in [0.1, 0.15) is 40.0 Å². The van der Waals surface area contributed by atoms with Gasteiger partial charge in [-0.25, -0.2) is 5.43 Å². The topological polar surface area (TPSA) is 131 Å². The quantitative estimate of drug-likeness (QED) is 0.275. The first-order chi connectivity index (χ1) is 12.2. The molecule has 9 nitrogen and oxygen atoms in total. The predicted octanol–water partition coefficient (Wildman–Crippen LogP) is -0.420. The molecule has 0 aromatic rings. The fraction of sp³-hybridized carbons (Fsp3) is 0.706. The van der Waals surface area contributed by atoms with Crippen molar-refractivity contribution in [3.8, 4) is 0 Å². The molecule has 0 bridgehead atoms. The number of hydrogen-bond donors (Lipinski definition) is 5. The number of aliphatic carboxylic acids is 1. The molecule has 1 aliphatic heterocycles. The van der Waals surface area contributed by atoms with Crippen LogP contribution in [-0.2, 0) is 14.4 Å². The maximum atomic E-state index is 12.5. The van der Waals surface area contributed by atoms with Gasteiger partial charge in [0.05, 0.1) is 6.04 Å². The normalized spacial score (nSPS) is 21.0. The van der Waals surface area contributed by atoms with E-state index in [1.165, 1.54) is 5.01 Å². The van der Waals surface area contributed by atoms with Crippen molar-refractivity contribution in [1.82, 2.24) is 21.1 Å². The Morgan fingerprint density at radius 2 is 2.00 bits per heavy atom. The summed E-state index contributed by atoms with van der Waals surface area (Å²) in [7, 11) is 0. The Balaban J connectivity index is 2.66. The van der Waals surface area contributed by atoms with E-state index in [0.717, 1.165) is 0 Å². The second kappa shape index (κ2) is 10.2. The van der Waals surface area contributed by atoms with Gasteiger partial charge in [-0.15, -0.1) is 6.58 Å². The second-order valence-corrected chi connectivity index (χ2v) is 6.81. The van der Waals surface area contributed by atoms with Gasteiger partial charge in [0.25, 0.3) is 5.91 Å². The average molecular weight is 370 g/mol. The lowest BCUT2D eigenvalue weighted by molar-refractivity contribution is -0.148. The first-order valence-corrected chi connectivity index (χ1v) is 8.83. The molecule has 0 aromatic carbocycles. The van der Waals surface area contributed by atoms with Crippen molar-refractivity contribution < 1.29 is 24.6 Å². The van der Waals surface area contributed by atoms with Crippen LogP contribution in [-0.4, -0.2) is 63.9 Å². The fourth-order valence-corrected chi connectivity index (χ4v) is 2.73. The minimum atomic E-state index is -1.01. The minimum absolute atomic E-state index is 0.110. The molecule has 0 radical (unpaired) electrons. The Kier molecular flexibility index (Phi) is 8.70. The molecule has 1 fully saturated rings. The van der Waals surface area contributed by atoms with E-state index in [-0.39, 0.29) is 5.92 Å². The van der Waals surface area contributed by atoms with E-state index in [1.807, 2.05) is 13.8 Å². The van der Waals surface area contributed by atoms with E-state index in [9.17, 15) is 19.5 Å². The molecular formula is C17H30N4O5. The summed E-state index contributed by atoms with van der Waals surface area (Å²) in [5.74, 6) is -1.94. The van der Waals surface area contributed by atoms with Gasteiger partial charge in [0, 0.05) is 13.0 Å². The van der Waals surface area contributed by atoms with E-state index in [1.54, 1.807) is 13.0 Å². The van der Waals surface area contributed by atoms with Crippen molar-refractivity contribution >= 4 is 17.8 Å². The Bertz CT molecular complexity index is 525. The Labute approximate surface area is 153 Å². The van der Waals surface area contributed by atoms with Gasteiger partial charge in [-0.1, -0.05) is 19.9 Å². The monoisotopic (exact) mass is 370 g/mol. The number of hydrazine groups is 1. The second-order valence-electron chi connectivity index (χ2n) is 6.81. The number of carboxylic acid groups (broad SMARTS) is 1. The van der Waals surface area contributed by atoms with Gasteiger partial charge >= 0.3 is 5.97 Å². The van der Waals surface area contributed by atoms with Crippen molar-refractivity contribution in [3.05, 3.63) is 12.7 Å². The molecule has 26 heavy (non-hydrogen) atoms. The predicted molar refractivity (Wildman–Crippen MR) is 95.7 cm³/mol. The summed E-state index contributed by atoms with van der Waals surface area (Å²) in [5.41, 5.74) is 2.67. The molecule has 0 aromatic heterocycles. The van der Waals surface area contributed by atoms with E-state index in [0.29, 0.717) is 25.8 Å². The highest BCUT2D eigenvalue weighted by molar-refractivity contribution is 5.89. The van der Waals surface area contributed by atoms with Gasteiger partial charge in [0.15, 0.2) is 0 Å². The molecule has 0 saturated carbocycles. The highest BCUT2D eigenvalue weighted by Gasteiger charge is 2.32. The fourth-order valence-electron chi connectivity index (χ4n) is 2.73. The van der Waals surface area contributed by atoms with Gasteiger partial charge in [-0.05, 0) is 25.7 Å². The van der Waals surface area contributed by atoms with Gasteiger partial charge in [-0.3, -0.25) is 24.7 Å². The molecule has 1 saturated heterocycles. The summed E-state index contributed by atoms with van der Waals surface area (Å²) < 4.78 is 0. The number of carbonyl (C=O) groups excluding carboxylic acids is 2. The first kappa shape index (κ1) is 22.1. The minimum Gasteiger partial charge on any atom is -0.480 e. The molecule has 1 rings (SSSR count). The maximum Gasteiger partial charge on any atom is 0.322 e. The van der Waals surface area contributed by atoms with Crippen LogP contribution in [0.2, 0.25) is 0 Å². The highest BCUT2D eigenvalue weighted by Crippen LogP contribution is 2.10. The molecule has 4 atom stereocenters. The van der Waals surface area contributed by atoms with Crippen LogP contribution in [0.3, 0.4) is 0 Å². The lowest BCUT2D eigenvalue weighted by Crippen LogP contribution is -2.60. The van der Waals surface area contributed by atoms with Gasteiger partial charge < -0.3 is 15.5 Å². The summed E-state index contributed by atoms with van der Waals surface area (Å²) in [6, 6.07) is -2.32. The zero-order chi connectivity index (χ0) is 19.9. The number of carbonyl (C=O) groups is 3. The summed E-state index contributed by atoms with van der Waals surface area (Å²) in [6.45, 7) is 9.12. The molecular weight excluding hydrogens is 340 g/mol. The molecule has 0 spiro atoms. The Morgan fingerprint density at radius 3 is 2.54 bits per heavy atom. The maximum absolute atomic E-state index is 12.5. The molecule has 1 heterocycles. The number of nitrogens with zero attached hydrogens (tertiary/aromatic N) is 1. The number of carboxylic acids is 1. The zero-order valence-electron chi connectivity index (χ0n) is 15.6. The SMILES string of the molecule is C=CCC(O)NC(C(=O)NC(C)C(=O)N1CCCC(C(=O)O)N1)C(C)C. The summed E-state index contributed by atoms with van der Waals surface area (Å²) in [4.78, 5) is 36.1. The van der Waals surface area contributed by atoms with Gasteiger partial charge in [0.2, 0.25) is 5.91 Å². The van der Waals surface area contributed by atoms with E-state index >= 15 is 0 Å². The van der Waals surface area contributed by atoms with Crippen LogP contribution >= 0.6 is 0 Å². The van der Waals surface area contributed by atoms with Crippen molar-refractivity contribution in [3.63, 3.8) is 0 Å². The molecule has 4 unspecified atom stereocenters. The summed E-state index contributed by atoms with van der Waals surface area (Å²) in [6.07, 6.45) is 1.94. The molecule has 2 amide bonds. The number of nitrogens with one attached hydrogen (secondary N) is 3. The summed E-state index contributed by atoms with van der Waals surface area (Å²) in [5, 5.41) is 25.6. The van der Waals surface area contributed by atoms with Crippen LogP contribution in [0.15, 0.2) is 12.7 Å². The molecule has 1 aliphatic rings. The standard InChI is InChI=1S/C17H30N4O5/c1-5-7-13(22)19-14(10(2)3)15(23)18-11(4)16(24)21-9-6-8-12(20-21)17(25)26/h5,10-14,19-20,22H,1,6-9H2,2-4H3,(H,18,23)(H,25,26). The van der Waals surface area contributed by atoms with Crippen molar-refractivity contribution in [2.75, 3.05) is 6.54 Å². The summed E-state index contributed by atoms with van der Waals surface area (Å²) >= 11 is 0. The van der Waals surface area contributed by atoms with Crippen LogP contribution in [0.5, 0.6) is 0 Å². The number of hydrogen-bond acceptors (Lipinski definition) is 6.